The van der Waals surface area contributed by atoms with Crippen molar-refractivity contribution in [2.24, 2.45) is 0 Å². The van der Waals surface area contributed by atoms with Crippen LogP contribution in [0.5, 0.6) is 0 Å². The minimum absolute atomic E-state index is 0.195. The quantitative estimate of drug-likeness (QED) is 0.493. The molecule has 0 aliphatic rings. The molecule has 0 aromatic carbocycles. The average Bonchev–Trinajstić information content (AvgIpc) is 2.04. The lowest BCUT2D eigenvalue weighted by atomic mass is 10.4. The molecular weight excluding hydrogens is 148 g/mol. The molecule has 11 heavy (non-hydrogen) atoms. The van der Waals surface area contributed by atoms with E-state index >= 15 is 0 Å². The Balaban J connectivity index is 2.89. The Morgan fingerprint density at radius 2 is 2.09 bits per heavy atom. The normalized spacial score (nSPS) is 13.4. The van der Waals surface area contributed by atoms with Gasteiger partial charge in [0.2, 0.25) is 0 Å². The monoisotopic (exact) mass is 164 g/mol. The van der Waals surface area contributed by atoms with Gasteiger partial charge in [0.25, 0.3) is 0 Å². The molecule has 0 saturated carbocycles. The minimum Gasteiger partial charge on any atom is -0.394 e. The molecule has 1 atom stereocenters. The highest BCUT2D eigenvalue weighted by Gasteiger charge is 1.99. The van der Waals surface area contributed by atoms with Crippen LogP contribution in [0.15, 0.2) is 0 Å². The topological polar surface area (TPSA) is 58.9 Å². The van der Waals surface area contributed by atoms with Crippen LogP contribution in [-0.4, -0.2) is 49.9 Å². The van der Waals surface area contributed by atoms with Crippen LogP contribution in [0, 0.1) is 0 Å². The SMILES string of the molecule is COCCCOCC(O)CO. The fraction of sp³-hybridized carbons (Fsp3) is 1.00. The lowest BCUT2D eigenvalue weighted by Gasteiger charge is -2.07. The van der Waals surface area contributed by atoms with Crippen LogP contribution < -0.4 is 0 Å². The molecule has 0 bridgehead atoms. The third kappa shape index (κ3) is 7.74. The second-order valence-corrected chi connectivity index (χ2v) is 2.26. The molecule has 0 aliphatic carbocycles. The van der Waals surface area contributed by atoms with E-state index in [1.165, 1.54) is 0 Å². The molecule has 2 N–H and O–H groups in total. The van der Waals surface area contributed by atoms with Gasteiger partial charge in [-0.1, -0.05) is 0 Å². The second kappa shape index (κ2) is 7.94. The number of methoxy groups -OCH3 is 1. The van der Waals surface area contributed by atoms with E-state index in [0.717, 1.165) is 6.42 Å². The first kappa shape index (κ1) is 10.8. The third-order valence-corrected chi connectivity index (χ3v) is 1.16. The summed E-state index contributed by atoms with van der Waals surface area (Å²) in [6.45, 7) is 1.17. The predicted molar refractivity (Wildman–Crippen MR) is 40.4 cm³/mol. The van der Waals surface area contributed by atoms with Crippen LogP contribution in [0.3, 0.4) is 0 Å². The highest BCUT2D eigenvalue weighted by Crippen LogP contribution is 1.86. The first-order valence-electron chi connectivity index (χ1n) is 3.67. The Kier molecular flexibility index (Phi) is 7.83. The number of aliphatic hydroxyl groups excluding tert-OH is 2. The predicted octanol–water partition coefficient (Wildman–Crippen LogP) is -0.607. The minimum atomic E-state index is -0.752. The van der Waals surface area contributed by atoms with E-state index in [9.17, 15) is 0 Å². The number of rotatable bonds is 7. The van der Waals surface area contributed by atoms with E-state index in [1.807, 2.05) is 0 Å². The maximum absolute atomic E-state index is 8.81. The van der Waals surface area contributed by atoms with Crippen LogP contribution >= 0.6 is 0 Å². The molecule has 0 rings (SSSR count). The van der Waals surface area contributed by atoms with Crippen LogP contribution in [0.25, 0.3) is 0 Å². The number of ether oxygens (including phenoxy) is 2. The molecule has 1 unspecified atom stereocenters. The zero-order valence-corrected chi connectivity index (χ0v) is 6.82. The van der Waals surface area contributed by atoms with Crippen molar-refractivity contribution in [1.82, 2.24) is 0 Å². The molecule has 4 nitrogen and oxygen atoms in total. The van der Waals surface area contributed by atoms with E-state index < -0.39 is 6.10 Å². The summed E-state index contributed by atoms with van der Waals surface area (Å²) in [4.78, 5) is 0. The molecule has 0 aromatic heterocycles. The van der Waals surface area contributed by atoms with Gasteiger partial charge in [-0.25, -0.2) is 0 Å². The van der Waals surface area contributed by atoms with E-state index in [-0.39, 0.29) is 13.2 Å². The molecule has 0 amide bonds. The van der Waals surface area contributed by atoms with Gasteiger partial charge < -0.3 is 19.7 Å². The number of hydrogen-bond donors (Lipinski definition) is 2. The number of aliphatic hydroxyl groups is 2. The number of hydrogen-bond acceptors (Lipinski definition) is 4. The van der Waals surface area contributed by atoms with Crippen molar-refractivity contribution >= 4 is 0 Å². The van der Waals surface area contributed by atoms with Gasteiger partial charge in [-0.3, -0.25) is 0 Å². The molecule has 0 spiro atoms. The standard InChI is InChI=1S/C7H16O4/c1-10-3-2-4-11-6-7(9)5-8/h7-9H,2-6H2,1H3. The van der Waals surface area contributed by atoms with Crippen molar-refractivity contribution < 1.29 is 19.7 Å². The first-order valence-corrected chi connectivity index (χ1v) is 3.67. The summed E-state index contributed by atoms with van der Waals surface area (Å²) in [6, 6.07) is 0. The molecule has 0 aromatic rings. The van der Waals surface area contributed by atoms with Gasteiger partial charge in [0, 0.05) is 20.3 Å². The largest absolute Gasteiger partial charge is 0.394 e. The summed E-state index contributed by atoms with van der Waals surface area (Å²) in [7, 11) is 1.63. The highest BCUT2D eigenvalue weighted by atomic mass is 16.5. The molecule has 4 heteroatoms. The van der Waals surface area contributed by atoms with Gasteiger partial charge in [0.05, 0.1) is 13.2 Å². The Hall–Kier alpha value is -0.160. The molecular formula is C7H16O4. The van der Waals surface area contributed by atoms with Gasteiger partial charge in [0.15, 0.2) is 0 Å². The van der Waals surface area contributed by atoms with E-state index in [1.54, 1.807) is 7.11 Å². The summed E-state index contributed by atoms with van der Waals surface area (Å²) in [5, 5.41) is 17.2. The zero-order valence-electron chi connectivity index (χ0n) is 6.82. The van der Waals surface area contributed by atoms with Crippen molar-refractivity contribution in [3.63, 3.8) is 0 Å². The fourth-order valence-corrected chi connectivity index (χ4v) is 0.577. The Morgan fingerprint density at radius 3 is 2.64 bits per heavy atom. The van der Waals surface area contributed by atoms with Crippen LogP contribution in [0.4, 0.5) is 0 Å². The molecule has 0 radical (unpaired) electrons. The third-order valence-electron chi connectivity index (χ3n) is 1.16. The Bertz CT molecular complexity index is 76.8. The highest BCUT2D eigenvalue weighted by molar-refractivity contribution is 4.48. The van der Waals surface area contributed by atoms with Crippen molar-refractivity contribution in [2.45, 2.75) is 12.5 Å². The molecule has 0 fully saturated rings. The zero-order chi connectivity index (χ0) is 8.53. The van der Waals surface area contributed by atoms with Gasteiger partial charge in [-0.15, -0.1) is 0 Å². The van der Waals surface area contributed by atoms with E-state index in [0.29, 0.717) is 13.2 Å². The van der Waals surface area contributed by atoms with Crippen molar-refractivity contribution in [3.8, 4) is 0 Å². The summed E-state index contributed by atoms with van der Waals surface area (Å²) in [5.74, 6) is 0. The van der Waals surface area contributed by atoms with Crippen LogP contribution in [0.2, 0.25) is 0 Å². The van der Waals surface area contributed by atoms with E-state index in [2.05, 4.69) is 0 Å². The Morgan fingerprint density at radius 1 is 1.36 bits per heavy atom. The smallest absolute Gasteiger partial charge is 0.100 e. The summed E-state index contributed by atoms with van der Waals surface area (Å²) >= 11 is 0. The fourth-order valence-electron chi connectivity index (χ4n) is 0.577. The Labute approximate surface area is 66.7 Å². The lowest BCUT2D eigenvalue weighted by molar-refractivity contribution is 0.00153. The summed E-state index contributed by atoms with van der Waals surface area (Å²) in [5.41, 5.74) is 0. The second-order valence-electron chi connectivity index (χ2n) is 2.26. The van der Waals surface area contributed by atoms with Crippen LogP contribution in [-0.2, 0) is 9.47 Å². The lowest BCUT2D eigenvalue weighted by Crippen LogP contribution is -2.19. The first-order chi connectivity index (χ1) is 5.31. The average molecular weight is 164 g/mol. The summed E-state index contributed by atoms with van der Waals surface area (Å²) in [6.07, 6.45) is 0.0619. The van der Waals surface area contributed by atoms with Gasteiger partial charge in [-0.05, 0) is 6.42 Å². The van der Waals surface area contributed by atoms with Crippen molar-refractivity contribution in [1.29, 1.82) is 0 Å². The van der Waals surface area contributed by atoms with Crippen molar-refractivity contribution in [3.05, 3.63) is 0 Å². The van der Waals surface area contributed by atoms with Gasteiger partial charge in [-0.2, -0.15) is 0 Å². The maximum atomic E-state index is 8.81. The van der Waals surface area contributed by atoms with Crippen LogP contribution in [0.1, 0.15) is 6.42 Å². The molecule has 0 aliphatic heterocycles. The summed E-state index contributed by atoms with van der Waals surface area (Å²) < 4.78 is 9.78. The van der Waals surface area contributed by atoms with E-state index in [4.69, 9.17) is 19.7 Å². The molecule has 68 valence electrons. The van der Waals surface area contributed by atoms with Crippen molar-refractivity contribution in [2.75, 3.05) is 33.5 Å². The molecule has 0 saturated heterocycles. The molecule has 0 heterocycles. The maximum Gasteiger partial charge on any atom is 0.100 e. The van der Waals surface area contributed by atoms with Gasteiger partial charge >= 0.3 is 0 Å². The van der Waals surface area contributed by atoms with Gasteiger partial charge in [0.1, 0.15) is 6.10 Å².